The molecule has 4 nitrogen and oxygen atoms in total. The standard InChI is InChI=1S/C19H15F3N2O2/c20-19(21,22)15-8-6-13(7-9-15)17-12-16(25)10-11-24(17)23-18(26)14-4-2-1-3-5-14/h1-11,17H,12H2,(H,23,26)/t17-/m0/s1. The number of nitrogens with one attached hydrogen (secondary N) is 1. The third kappa shape index (κ3) is 3.93. The van der Waals surface area contributed by atoms with Gasteiger partial charge in [0, 0.05) is 18.2 Å². The Labute approximate surface area is 147 Å². The Kier molecular flexibility index (Phi) is 4.79. The molecule has 1 N–H and O–H groups in total. The molecule has 1 aliphatic rings. The SMILES string of the molecule is O=C1C=CN(NC(=O)c2ccccc2)[C@H](c2ccc(C(F)(F)F)cc2)C1. The minimum absolute atomic E-state index is 0.0525. The van der Waals surface area contributed by atoms with Crippen molar-refractivity contribution in [3.8, 4) is 0 Å². The minimum atomic E-state index is -4.43. The summed E-state index contributed by atoms with van der Waals surface area (Å²) in [7, 11) is 0. The third-order valence-electron chi connectivity index (χ3n) is 4.04. The van der Waals surface area contributed by atoms with Crippen LogP contribution in [0.4, 0.5) is 13.2 Å². The number of carbonyl (C=O) groups excluding carboxylic acids is 2. The van der Waals surface area contributed by atoms with Crippen molar-refractivity contribution in [2.45, 2.75) is 18.6 Å². The van der Waals surface area contributed by atoms with E-state index in [2.05, 4.69) is 5.43 Å². The highest BCUT2D eigenvalue weighted by atomic mass is 19.4. The molecule has 0 spiro atoms. The fourth-order valence-electron chi connectivity index (χ4n) is 2.68. The Morgan fingerprint density at radius 1 is 1.04 bits per heavy atom. The lowest BCUT2D eigenvalue weighted by Crippen LogP contribution is -2.43. The van der Waals surface area contributed by atoms with Gasteiger partial charge in [0.2, 0.25) is 0 Å². The Morgan fingerprint density at radius 2 is 1.69 bits per heavy atom. The van der Waals surface area contributed by atoms with E-state index in [1.807, 2.05) is 0 Å². The van der Waals surface area contributed by atoms with Crippen LogP contribution in [0.25, 0.3) is 0 Å². The maximum Gasteiger partial charge on any atom is 0.416 e. The molecular weight excluding hydrogens is 345 g/mol. The molecule has 1 atom stereocenters. The number of alkyl halides is 3. The van der Waals surface area contributed by atoms with E-state index in [1.54, 1.807) is 30.3 Å². The zero-order valence-electron chi connectivity index (χ0n) is 13.5. The lowest BCUT2D eigenvalue weighted by molar-refractivity contribution is -0.137. The number of benzene rings is 2. The summed E-state index contributed by atoms with van der Waals surface area (Å²) < 4.78 is 38.2. The van der Waals surface area contributed by atoms with Gasteiger partial charge in [0.25, 0.3) is 5.91 Å². The van der Waals surface area contributed by atoms with Crippen molar-refractivity contribution in [2.75, 3.05) is 0 Å². The molecule has 0 radical (unpaired) electrons. The van der Waals surface area contributed by atoms with Crippen molar-refractivity contribution < 1.29 is 22.8 Å². The molecular formula is C19H15F3N2O2. The molecule has 1 aliphatic heterocycles. The second kappa shape index (κ2) is 7.03. The fraction of sp³-hybridized carbons (Fsp3) is 0.158. The summed E-state index contributed by atoms with van der Waals surface area (Å²) in [5.41, 5.74) is 2.86. The summed E-state index contributed by atoms with van der Waals surface area (Å²) >= 11 is 0. The topological polar surface area (TPSA) is 49.4 Å². The monoisotopic (exact) mass is 360 g/mol. The Bertz CT molecular complexity index is 830. The molecule has 1 heterocycles. The number of rotatable bonds is 3. The fourth-order valence-corrected chi connectivity index (χ4v) is 2.68. The summed E-state index contributed by atoms with van der Waals surface area (Å²) in [6.07, 6.45) is -1.63. The summed E-state index contributed by atoms with van der Waals surface area (Å²) in [5.74, 6) is -0.540. The maximum atomic E-state index is 12.7. The summed E-state index contributed by atoms with van der Waals surface area (Å²) in [4.78, 5) is 24.1. The molecule has 26 heavy (non-hydrogen) atoms. The van der Waals surface area contributed by atoms with Gasteiger partial charge in [0.1, 0.15) is 0 Å². The molecule has 0 aromatic heterocycles. The Morgan fingerprint density at radius 3 is 2.31 bits per heavy atom. The van der Waals surface area contributed by atoms with Gasteiger partial charge in [-0.15, -0.1) is 0 Å². The van der Waals surface area contributed by atoms with Crippen LogP contribution in [0.3, 0.4) is 0 Å². The van der Waals surface area contributed by atoms with E-state index < -0.39 is 17.8 Å². The molecule has 0 unspecified atom stereocenters. The van der Waals surface area contributed by atoms with Crippen molar-refractivity contribution in [1.29, 1.82) is 0 Å². The van der Waals surface area contributed by atoms with E-state index in [1.165, 1.54) is 29.4 Å². The third-order valence-corrected chi connectivity index (χ3v) is 4.04. The lowest BCUT2D eigenvalue weighted by Gasteiger charge is -2.33. The van der Waals surface area contributed by atoms with Crippen LogP contribution in [0.2, 0.25) is 0 Å². The quantitative estimate of drug-likeness (QED) is 0.904. The number of hydrogen-bond donors (Lipinski definition) is 1. The number of halogens is 3. The van der Waals surface area contributed by atoms with Gasteiger partial charge in [-0.2, -0.15) is 13.2 Å². The molecule has 1 amide bonds. The van der Waals surface area contributed by atoms with E-state index in [9.17, 15) is 22.8 Å². The molecule has 2 aromatic carbocycles. The molecule has 3 rings (SSSR count). The van der Waals surface area contributed by atoms with Gasteiger partial charge in [0.05, 0.1) is 11.6 Å². The zero-order chi connectivity index (χ0) is 18.7. The first-order valence-electron chi connectivity index (χ1n) is 7.87. The Hall–Kier alpha value is -3.09. The molecule has 7 heteroatoms. The average molecular weight is 360 g/mol. The van der Waals surface area contributed by atoms with E-state index in [4.69, 9.17) is 0 Å². The van der Waals surface area contributed by atoms with Crippen LogP contribution in [0.5, 0.6) is 0 Å². The van der Waals surface area contributed by atoms with Crippen molar-refractivity contribution in [2.24, 2.45) is 0 Å². The smallest absolute Gasteiger partial charge is 0.295 e. The van der Waals surface area contributed by atoms with Crippen LogP contribution in [-0.2, 0) is 11.0 Å². The molecule has 0 fully saturated rings. The largest absolute Gasteiger partial charge is 0.416 e. The first kappa shape index (κ1) is 17.7. The van der Waals surface area contributed by atoms with Crippen molar-refractivity contribution in [3.05, 3.63) is 83.6 Å². The number of amides is 1. The highest BCUT2D eigenvalue weighted by Gasteiger charge is 2.31. The summed E-state index contributed by atoms with van der Waals surface area (Å²) in [5, 5.41) is 1.44. The first-order valence-corrected chi connectivity index (χ1v) is 7.87. The van der Waals surface area contributed by atoms with E-state index in [0.29, 0.717) is 11.1 Å². The van der Waals surface area contributed by atoms with Gasteiger partial charge < -0.3 is 0 Å². The van der Waals surface area contributed by atoms with Gasteiger partial charge in [-0.1, -0.05) is 30.3 Å². The van der Waals surface area contributed by atoms with E-state index >= 15 is 0 Å². The van der Waals surface area contributed by atoms with Gasteiger partial charge >= 0.3 is 6.18 Å². The number of ketones is 1. The van der Waals surface area contributed by atoms with Crippen molar-refractivity contribution >= 4 is 11.7 Å². The van der Waals surface area contributed by atoms with E-state index in [-0.39, 0.29) is 18.1 Å². The maximum absolute atomic E-state index is 12.7. The number of hydrogen-bond acceptors (Lipinski definition) is 3. The molecule has 0 saturated heterocycles. The molecule has 0 saturated carbocycles. The summed E-state index contributed by atoms with van der Waals surface area (Å²) in [6.45, 7) is 0. The van der Waals surface area contributed by atoms with Gasteiger partial charge in [-0.05, 0) is 35.9 Å². The molecule has 0 aliphatic carbocycles. The number of nitrogens with zero attached hydrogens (tertiary/aromatic N) is 1. The van der Waals surface area contributed by atoms with Crippen LogP contribution >= 0.6 is 0 Å². The number of allylic oxidation sites excluding steroid dienone is 1. The second-order valence-corrected chi connectivity index (χ2v) is 5.84. The van der Waals surface area contributed by atoms with Crippen molar-refractivity contribution in [3.63, 3.8) is 0 Å². The Balaban J connectivity index is 1.83. The second-order valence-electron chi connectivity index (χ2n) is 5.84. The highest BCUT2D eigenvalue weighted by molar-refractivity contribution is 5.94. The van der Waals surface area contributed by atoms with Crippen molar-refractivity contribution in [1.82, 2.24) is 10.4 Å². The van der Waals surface area contributed by atoms with Gasteiger partial charge in [0.15, 0.2) is 5.78 Å². The van der Waals surface area contributed by atoms with E-state index in [0.717, 1.165) is 12.1 Å². The lowest BCUT2D eigenvalue weighted by atomic mass is 9.97. The van der Waals surface area contributed by atoms with Gasteiger partial charge in [-0.25, -0.2) is 0 Å². The van der Waals surface area contributed by atoms with Gasteiger partial charge in [-0.3, -0.25) is 20.0 Å². The van der Waals surface area contributed by atoms with Crippen LogP contribution in [0.1, 0.15) is 33.9 Å². The first-order chi connectivity index (χ1) is 12.3. The molecule has 0 bridgehead atoms. The normalized spacial score (nSPS) is 17.3. The average Bonchev–Trinajstić information content (AvgIpc) is 2.63. The van der Waals surface area contributed by atoms with Crippen LogP contribution in [-0.4, -0.2) is 16.7 Å². The number of hydrazine groups is 1. The molecule has 134 valence electrons. The van der Waals surface area contributed by atoms with Crippen LogP contribution < -0.4 is 5.43 Å². The minimum Gasteiger partial charge on any atom is -0.295 e. The van der Waals surface area contributed by atoms with Crippen LogP contribution in [0, 0.1) is 0 Å². The number of carbonyl (C=O) groups is 2. The zero-order valence-corrected chi connectivity index (χ0v) is 13.5. The molecule has 2 aromatic rings. The highest BCUT2D eigenvalue weighted by Crippen LogP contribution is 2.32. The summed E-state index contributed by atoms with van der Waals surface area (Å²) in [6, 6.07) is 12.5. The van der Waals surface area contributed by atoms with Crippen LogP contribution in [0.15, 0.2) is 66.9 Å². The predicted molar refractivity (Wildman–Crippen MR) is 88.7 cm³/mol. The predicted octanol–water partition coefficient (Wildman–Crippen LogP) is 3.88.